The molecular weight excluding hydrogens is 168 g/mol. The molecule has 0 aromatic rings. The maximum Gasteiger partial charge on any atom is -0.0360 e. The monoisotopic (exact) mass is 196 g/mol. The highest BCUT2D eigenvalue weighted by Crippen LogP contribution is 2.46. The zero-order valence-electron chi connectivity index (χ0n) is 10.7. The van der Waals surface area contributed by atoms with Crippen molar-refractivity contribution in [3.05, 3.63) is 0 Å². The van der Waals surface area contributed by atoms with Crippen molar-refractivity contribution in [3.8, 4) is 0 Å². The molecule has 1 rings (SSSR count). The van der Waals surface area contributed by atoms with Gasteiger partial charge in [0.05, 0.1) is 0 Å². The fourth-order valence-corrected chi connectivity index (χ4v) is 2.90. The summed E-state index contributed by atoms with van der Waals surface area (Å²) in [6, 6.07) is 0. The molecule has 0 saturated heterocycles. The largest absolute Gasteiger partial charge is 0.0651 e. The third-order valence-corrected chi connectivity index (χ3v) is 4.18. The molecule has 1 aliphatic carbocycles. The molecule has 0 radical (unpaired) electrons. The lowest BCUT2D eigenvalue weighted by Crippen LogP contribution is -2.09. The summed E-state index contributed by atoms with van der Waals surface area (Å²) >= 11 is 0. The zero-order chi connectivity index (χ0) is 10.7. The SMILES string of the molecule is CCC(C)CC(C)CC(C)C1CC1C. The van der Waals surface area contributed by atoms with Crippen molar-refractivity contribution in [2.24, 2.45) is 29.6 Å². The Hall–Kier alpha value is 0. The standard InChI is InChI=1S/C14H28/c1-6-10(2)7-11(3)8-12(4)14-9-13(14)5/h10-14H,6-9H2,1-5H3. The van der Waals surface area contributed by atoms with Crippen LogP contribution >= 0.6 is 0 Å². The summed E-state index contributed by atoms with van der Waals surface area (Å²) in [5.41, 5.74) is 0. The number of hydrogen-bond donors (Lipinski definition) is 0. The molecule has 0 N–H and O–H groups in total. The molecule has 0 heteroatoms. The van der Waals surface area contributed by atoms with Crippen LogP contribution in [0.5, 0.6) is 0 Å². The van der Waals surface area contributed by atoms with E-state index in [1.807, 2.05) is 0 Å². The first-order chi connectivity index (χ1) is 6.54. The highest BCUT2D eigenvalue weighted by molar-refractivity contribution is 4.86. The quantitative estimate of drug-likeness (QED) is 0.575. The average Bonchev–Trinajstić information content (AvgIpc) is 2.82. The van der Waals surface area contributed by atoms with Gasteiger partial charge in [-0.15, -0.1) is 0 Å². The van der Waals surface area contributed by atoms with E-state index in [0.29, 0.717) is 0 Å². The van der Waals surface area contributed by atoms with Gasteiger partial charge in [0.15, 0.2) is 0 Å². The van der Waals surface area contributed by atoms with Crippen molar-refractivity contribution < 1.29 is 0 Å². The van der Waals surface area contributed by atoms with Crippen LogP contribution in [0.15, 0.2) is 0 Å². The zero-order valence-corrected chi connectivity index (χ0v) is 10.7. The van der Waals surface area contributed by atoms with E-state index >= 15 is 0 Å². The maximum absolute atomic E-state index is 2.46. The van der Waals surface area contributed by atoms with Crippen LogP contribution in [0, 0.1) is 29.6 Å². The first-order valence-corrected chi connectivity index (χ1v) is 6.54. The van der Waals surface area contributed by atoms with Crippen molar-refractivity contribution in [2.75, 3.05) is 0 Å². The number of hydrogen-bond acceptors (Lipinski definition) is 0. The van der Waals surface area contributed by atoms with Gasteiger partial charge >= 0.3 is 0 Å². The lowest BCUT2D eigenvalue weighted by Gasteiger charge is -2.19. The lowest BCUT2D eigenvalue weighted by atomic mass is 9.86. The van der Waals surface area contributed by atoms with E-state index in [1.54, 1.807) is 0 Å². The molecule has 0 nitrogen and oxygen atoms in total. The molecule has 0 spiro atoms. The van der Waals surface area contributed by atoms with Gasteiger partial charge in [0.25, 0.3) is 0 Å². The molecule has 1 saturated carbocycles. The second-order valence-electron chi connectivity index (χ2n) is 5.94. The van der Waals surface area contributed by atoms with E-state index in [2.05, 4.69) is 34.6 Å². The minimum atomic E-state index is 0.925. The van der Waals surface area contributed by atoms with Crippen molar-refractivity contribution in [1.29, 1.82) is 0 Å². The summed E-state index contributed by atoms with van der Waals surface area (Å²) in [6.45, 7) is 12.0. The summed E-state index contributed by atoms with van der Waals surface area (Å²) in [6.07, 6.45) is 5.73. The van der Waals surface area contributed by atoms with Crippen LogP contribution in [-0.2, 0) is 0 Å². The van der Waals surface area contributed by atoms with Gasteiger partial charge in [-0.25, -0.2) is 0 Å². The first kappa shape index (κ1) is 12.1. The molecule has 1 fully saturated rings. The second kappa shape index (κ2) is 5.19. The molecule has 5 atom stereocenters. The Morgan fingerprint density at radius 2 is 1.64 bits per heavy atom. The Bertz CT molecular complexity index is 161. The van der Waals surface area contributed by atoms with E-state index in [9.17, 15) is 0 Å². The molecule has 0 amide bonds. The third kappa shape index (κ3) is 3.63. The van der Waals surface area contributed by atoms with Crippen molar-refractivity contribution in [3.63, 3.8) is 0 Å². The van der Waals surface area contributed by atoms with E-state index in [4.69, 9.17) is 0 Å². The molecule has 5 unspecified atom stereocenters. The van der Waals surface area contributed by atoms with E-state index in [0.717, 1.165) is 29.6 Å². The Morgan fingerprint density at radius 1 is 1.07 bits per heavy atom. The smallest absolute Gasteiger partial charge is 0.0360 e. The van der Waals surface area contributed by atoms with E-state index < -0.39 is 0 Å². The topological polar surface area (TPSA) is 0 Å². The summed E-state index contributed by atoms with van der Waals surface area (Å²) < 4.78 is 0. The van der Waals surface area contributed by atoms with Gasteiger partial charge in [0, 0.05) is 0 Å². The van der Waals surface area contributed by atoms with Gasteiger partial charge in [-0.3, -0.25) is 0 Å². The summed E-state index contributed by atoms with van der Waals surface area (Å²) in [5, 5.41) is 0. The summed E-state index contributed by atoms with van der Waals surface area (Å²) in [7, 11) is 0. The third-order valence-electron chi connectivity index (χ3n) is 4.18. The van der Waals surface area contributed by atoms with Gasteiger partial charge in [0.2, 0.25) is 0 Å². The fourth-order valence-electron chi connectivity index (χ4n) is 2.90. The lowest BCUT2D eigenvalue weighted by molar-refractivity contribution is 0.315. The molecule has 0 heterocycles. The molecule has 0 aromatic carbocycles. The van der Waals surface area contributed by atoms with E-state index in [1.165, 1.54) is 25.7 Å². The predicted octanol–water partition coefficient (Wildman–Crippen LogP) is 4.74. The van der Waals surface area contributed by atoms with Gasteiger partial charge in [0.1, 0.15) is 0 Å². The first-order valence-electron chi connectivity index (χ1n) is 6.54. The van der Waals surface area contributed by atoms with Crippen molar-refractivity contribution >= 4 is 0 Å². The van der Waals surface area contributed by atoms with Crippen molar-refractivity contribution in [1.82, 2.24) is 0 Å². The molecule has 84 valence electrons. The molecule has 14 heavy (non-hydrogen) atoms. The van der Waals surface area contributed by atoms with Crippen LogP contribution in [0.4, 0.5) is 0 Å². The van der Waals surface area contributed by atoms with Crippen LogP contribution in [0.3, 0.4) is 0 Å². The van der Waals surface area contributed by atoms with Crippen LogP contribution < -0.4 is 0 Å². The Labute approximate surface area is 90.5 Å². The molecular formula is C14H28. The molecule has 0 aliphatic heterocycles. The van der Waals surface area contributed by atoms with Crippen molar-refractivity contribution in [2.45, 2.75) is 60.3 Å². The molecule has 1 aliphatic rings. The minimum Gasteiger partial charge on any atom is -0.0651 e. The summed E-state index contributed by atoms with van der Waals surface area (Å²) in [4.78, 5) is 0. The molecule has 0 bridgehead atoms. The van der Waals surface area contributed by atoms with Gasteiger partial charge < -0.3 is 0 Å². The Balaban J connectivity index is 2.16. The Kier molecular flexibility index (Phi) is 4.47. The van der Waals surface area contributed by atoms with Crippen LogP contribution in [-0.4, -0.2) is 0 Å². The Morgan fingerprint density at radius 3 is 2.07 bits per heavy atom. The normalized spacial score (nSPS) is 32.4. The summed E-state index contributed by atoms with van der Waals surface area (Å²) in [5.74, 6) is 4.93. The highest BCUT2D eigenvalue weighted by Gasteiger charge is 2.37. The van der Waals surface area contributed by atoms with Crippen LogP contribution in [0.1, 0.15) is 60.3 Å². The maximum atomic E-state index is 2.46. The number of rotatable bonds is 6. The average molecular weight is 196 g/mol. The predicted molar refractivity (Wildman–Crippen MR) is 64.3 cm³/mol. The van der Waals surface area contributed by atoms with E-state index in [-0.39, 0.29) is 0 Å². The van der Waals surface area contributed by atoms with Crippen LogP contribution in [0.2, 0.25) is 0 Å². The van der Waals surface area contributed by atoms with Crippen LogP contribution in [0.25, 0.3) is 0 Å². The van der Waals surface area contributed by atoms with Gasteiger partial charge in [-0.05, 0) is 48.9 Å². The fraction of sp³-hybridized carbons (Fsp3) is 1.00. The second-order valence-corrected chi connectivity index (χ2v) is 5.94. The molecule has 0 aromatic heterocycles. The van der Waals surface area contributed by atoms with Gasteiger partial charge in [-0.1, -0.05) is 41.0 Å². The highest BCUT2D eigenvalue weighted by atomic mass is 14.4. The van der Waals surface area contributed by atoms with Gasteiger partial charge in [-0.2, -0.15) is 0 Å². The minimum absolute atomic E-state index is 0.925.